The van der Waals surface area contributed by atoms with E-state index in [9.17, 15) is 31.1 Å². The fourth-order valence-electron chi connectivity index (χ4n) is 2.62. The molecule has 12 heteroatoms. The first-order valence-corrected chi connectivity index (χ1v) is 10.1. The van der Waals surface area contributed by atoms with E-state index < -0.39 is 41.3 Å². The molecule has 0 fully saturated rings. The maximum absolute atomic E-state index is 13.5. The number of benzene rings is 2. The van der Waals surface area contributed by atoms with Gasteiger partial charge in [0.2, 0.25) is 0 Å². The van der Waals surface area contributed by atoms with Crippen molar-refractivity contribution in [2.24, 2.45) is 9.98 Å². The monoisotopic (exact) mass is 504 g/mol. The van der Waals surface area contributed by atoms with Crippen LogP contribution < -0.4 is 10.6 Å². The first-order valence-electron chi connectivity index (χ1n) is 9.71. The maximum atomic E-state index is 13.5. The third-order valence-corrected chi connectivity index (χ3v) is 4.77. The number of hydrogen-bond acceptors (Lipinski definition) is 3. The smallest absolute Gasteiger partial charge is 0.350 e. The van der Waals surface area contributed by atoms with Gasteiger partial charge in [0.15, 0.2) is 17.6 Å². The molecular formula is C22H19ClF6N4O. The number of carbonyl (C=O) groups is 1. The van der Waals surface area contributed by atoms with E-state index >= 15 is 0 Å². The highest BCUT2D eigenvalue weighted by atomic mass is 35.5. The third-order valence-electron chi connectivity index (χ3n) is 4.42. The van der Waals surface area contributed by atoms with Crippen molar-refractivity contribution in [3.8, 4) is 0 Å². The topological polar surface area (TPSA) is 65.8 Å². The van der Waals surface area contributed by atoms with Crippen LogP contribution in [-0.4, -0.2) is 30.8 Å². The minimum absolute atomic E-state index is 0.0391. The summed E-state index contributed by atoms with van der Waals surface area (Å²) in [5.41, 5.74) is -1.16. The van der Waals surface area contributed by atoms with Crippen LogP contribution in [0.25, 0.3) is 0 Å². The fourth-order valence-corrected chi connectivity index (χ4v) is 2.84. The Morgan fingerprint density at radius 3 is 2.41 bits per heavy atom. The minimum atomic E-state index is -4.76. The summed E-state index contributed by atoms with van der Waals surface area (Å²) in [4.78, 5) is 19.6. The van der Waals surface area contributed by atoms with Crippen LogP contribution in [0.5, 0.6) is 0 Å². The number of nitrogens with zero attached hydrogens (tertiary/aromatic N) is 2. The van der Waals surface area contributed by atoms with Gasteiger partial charge in [-0.05, 0) is 55.1 Å². The van der Waals surface area contributed by atoms with Gasteiger partial charge in [0.1, 0.15) is 11.5 Å². The molecule has 1 amide bonds. The first-order chi connectivity index (χ1) is 15.9. The number of rotatable bonds is 7. The highest BCUT2D eigenvalue weighted by Gasteiger charge is 2.34. The minimum Gasteiger partial charge on any atom is -0.350 e. The predicted octanol–water partition coefficient (Wildman–Crippen LogP) is 5.56. The standard InChI is InChI=1S/C22H19ClF6N4O/c1-3-15(10-19(30-2)22(27,28)29)32-21(31-11-13-4-6-14(24)9-16(13)23)33-20(34)12-5-7-17(25)18(26)8-12/h4-10,15H,2-3,11H2,1H3,(H2,31,32,33,34)/b19-10-. The van der Waals surface area contributed by atoms with E-state index in [2.05, 4.69) is 27.3 Å². The number of alkyl halides is 3. The molecule has 5 nitrogen and oxygen atoms in total. The van der Waals surface area contributed by atoms with Crippen molar-refractivity contribution in [2.75, 3.05) is 0 Å². The van der Waals surface area contributed by atoms with Crippen LogP contribution in [0.4, 0.5) is 26.3 Å². The Labute approximate surface area is 196 Å². The molecule has 2 aromatic rings. The lowest BCUT2D eigenvalue weighted by Crippen LogP contribution is -2.45. The van der Waals surface area contributed by atoms with E-state index in [1.165, 1.54) is 6.07 Å². The molecule has 0 heterocycles. The number of carbonyl (C=O) groups excluding carboxylic acids is 1. The van der Waals surface area contributed by atoms with Crippen molar-refractivity contribution < 1.29 is 31.1 Å². The molecule has 0 aromatic heterocycles. The van der Waals surface area contributed by atoms with Crippen LogP contribution in [0.2, 0.25) is 5.02 Å². The molecule has 0 saturated carbocycles. The Balaban J connectivity index is 2.36. The molecule has 2 N–H and O–H groups in total. The van der Waals surface area contributed by atoms with E-state index in [0.29, 0.717) is 11.6 Å². The van der Waals surface area contributed by atoms with E-state index in [1.807, 2.05) is 0 Å². The summed E-state index contributed by atoms with van der Waals surface area (Å²) in [5, 5.41) is 4.99. The van der Waals surface area contributed by atoms with Crippen molar-refractivity contribution in [1.82, 2.24) is 10.6 Å². The molecule has 0 saturated heterocycles. The Morgan fingerprint density at radius 2 is 1.85 bits per heavy atom. The van der Waals surface area contributed by atoms with Crippen LogP contribution in [0.15, 0.2) is 58.2 Å². The van der Waals surface area contributed by atoms with Crippen LogP contribution in [0.3, 0.4) is 0 Å². The van der Waals surface area contributed by atoms with Gasteiger partial charge in [-0.1, -0.05) is 24.6 Å². The fraction of sp³-hybridized carbons (Fsp3) is 0.227. The highest BCUT2D eigenvalue weighted by molar-refractivity contribution is 6.31. The zero-order valence-corrected chi connectivity index (χ0v) is 18.4. The molecule has 0 bridgehead atoms. The molecule has 0 aliphatic rings. The number of aliphatic imine (C=N–C) groups is 2. The zero-order chi connectivity index (χ0) is 25.5. The lowest BCUT2D eigenvalue weighted by atomic mass is 10.2. The molecule has 1 unspecified atom stereocenters. The van der Waals surface area contributed by atoms with Crippen LogP contribution in [0.1, 0.15) is 29.3 Å². The molecule has 0 spiro atoms. The highest BCUT2D eigenvalue weighted by Crippen LogP contribution is 2.26. The van der Waals surface area contributed by atoms with E-state index in [1.54, 1.807) is 6.92 Å². The molecule has 0 radical (unpaired) electrons. The molecule has 1 atom stereocenters. The number of guanidine groups is 1. The Kier molecular flexibility index (Phi) is 9.25. The summed E-state index contributed by atoms with van der Waals surface area (Å²) >= 11 is 5.97. The third kappa shape index (κ3) is 7.62. The van der Waals surface area contributed by atoms with Gasteiger partial charge in [0, 0.05) is 16.6 Å². The number of nitrogens with one attached hydrogen (secondary N) is 2. The average molecular weight is 505 g/mol. The summed E-state index contributed by atoms with van der Waals surface area (Å²) in [7, 11) is 0. The van der Waals surface area contributed by atoms with Gasteiger partial charge in [-0.2, -0.15) is 13.2 Å². The first kappa shape index (κ1) is 26.9. The second-order valence-electron chi connectivity index (χ2n) is 6.85. The van der Waals surface area contributed by atoms with Gasteiger partial charge in [0.25, 0.3) is 5.91 Å². The predicted molar refractivity (Wildman–Crippen MR) is 117 cm³/mol. The van der Waals surface area contributed by atoms with Crippen molar-refractivity contribution in [3.05, 3.63) is 81.8 Å². The van der Waals surface area contributed by atoms with Gasteiger partial charge in [-0.25, -0.2) is 18.2 Å². The molecule has 2 aromatic carbocycles. The number of halogens is 7. The molecule has 34 heavy (non-hydrogen) atoms. The second kappa shape index (κ2) is 11.7. The maximum Gasteiger partial charge on any atom is 0.433 e. The Bertz CT molecular complexity index is 1120. The van der Waals surface area contributed by atoms with Gasteiger partial charge in [-0.15, -0.1) is 0 Å². The quantitative estimate of drug-likeness (QED) is 0.295. The molecule has 0 aliphatic heterocycles. The zero-order valence-electron chi connectivity index (χ0n) is 17.7. The Hall–Kier alpha value is -3.34. The lowest BCUT2D eigenvalue weighted by Gasteiger charge is -2.19. The van der Waals surface area contributed by atoms with Gasteiger partial charge in [0.05, 0.1) is 6.54 Å². The SMILES string of the molecule is C=N/C(=C\C(CC)NC(=NCc1ccc(F)cc1Cl)NC(=O)c1ccc(F)c(F)c1)C(F)(F)F. The summed E-state index contributed by atoms with van der Waals surface area (Å²) in [6.07, 6.45) is -3.88. The summed E-state index contributed by atoms with van der Waals surface area (Å²) in [6.45, 7) is 4.29. The van der Waals surface area contributed by atoms with Crippen molar-refractivity contribution in [3.63, 3.8) is 0 Å². The largest absolute Gasteiger partial charge is 0.433 e. The van der Waals surface area contributed by atoms with Crippen molar-refractivity contribution >= 4 is 30.2 Å². The van der Waals surface area contributed by atoms with E-state index in [0.717, 1.165) is 30.3 Å². The van der Waals surface area contributed by atoms with Crippen LogP contribution in [0, 0.1) is 17.5 Å². The molecule has 2 rings (SSSR count). The normalized spacial score (nSPS) is 13.4. The van der Waals surface area contributed by atoms with Gasteiger partial charge in [-0.3, -0.25) is 15.1 Å². The second-order valence-corrected chi connectivity index (χ2v) is 7.26. The number of amides is 1. The molecule has 0 aliphatic carbocycles. The summed E-state index contributed by atoms with van der Waals surface area (Å²) < 4.78 is 79.1. The number of allylic oxidation sites excluding steroid dienone is 1. The van der Waals surface area contributed by atoms with Crippen molar-refractivity contribution in [2.45, 2.75) is 32.1 Å². The molecule has 182 valence electrons. The lowest BCUT2D eigenvalue weighted by molar-refractivity contribution is -0.0926. The van der Waals surface area contributed by atoms with E-state index in [4.69, 9.17) is 11.6 Å². The van der Waals surface area contributed by atoms with Crippen LogP contribution >= 0.6 is 11.6 Å². The van der Waals surface area contributed by atoms with E-state index in [-0.39, 0.29) is 29.5 Å². The van der Waals surface area contributed by atoms with Crippen LogP contribution in [-0.2, 0) is 6.54 Å². The number of hydrogen-bond donors (Lipinski definition) is 2. The Morgan fingerprint density at radius 1 is 1.15 bits per heavy atom. The average Bonchev–Trinajstić information content (AvgIpc) is 2.76. The summed E-state index contributed by atoms with van der Waals surface area (Å²) in [5.74, 6) is -4.22. The van der Waals surface area contributed by atoms with Crippen molar-refractivity contribution in [1.29, 1.82) is 0 Å². The van der Waals surface area contributed by atoms with Gasteiger partial charge < -0.3 is 5.32 Å². The molecular weight excluding hydrogens is 486 g/mol. The van der Waals surface area contributed by atoms with Gasteiger partial charge >= 0.3 is 6.18 Å². The summed E-state index contributed by atoms with van der Waals surface area (Å²) in [6, 6.07) is 4.93.